The van der Waals surface area contributed by atoms with E-state index in [1.807, 2.05) is 25.1 Å². The Bertz CT molecular complexity index is 986. The number of rotatable bonds is 3. The van der Waals surface area contributed by atoms with Crippen LogP contribution >= 0.6 is 0 Å². The number of ether oxygens (including phenoxy) is 1. The molecular formula is C24H29N3O. The molecule has 0 radical (unpaired) electrons. The molecule has 0 aliphatic carbocycles. The van der Waals surface area contributed by atoms with Gasteiger partial charge in [0.25, 0.3) is 0 Å². The summed E-state index contributed by atoms with van der Waals surface area (Å²) >= 11 is 0. The minimum atomic E-state index is 0.0600. The lowest BCUT2D eigenvalue weighted by molar-refractivity contribution is 0.438. The summed E-state index contributed by atoms with van der Waals surface area (Å²) in [5.41, 5.74) is 7.46. The van der Waals surface area contributed by atoms with Crippen LogP contribution in [0.3, 0.4) is 0 Å². The van der Waals surface area contributed by atoms with E-state index in [1.165, 1.54) is 11.8 Å². The Labute approximate surface area is 167 Å². The number of anilines is 2. The van der Waals surface area contributed by atoms with Gasteiger partial charge >= 0.3 is 0 Å². The lowest BCUT2D eigenvalue weighted by Crippen LogP contribution is -2.29. The second kappa shape index (κ2) is 6.93. The summed E-state index contributed by atoms with van der Waals surface area (Å²) in [6.07, 6.45) is 1.29. The summed E-state index contributed by atoms with van der Waals surface area (Å²) in [7, 11) is 0. The van der Waals surface area contributed by atoms with Crippen molar-refractivity contribution in [3.63, 3.8) is 0 Å². The average molecular weight is 376 g/mol. The van der Waals surface area contributed by atoms with E-state index in [2.05, 4.69) is 51.7 Å². The molecule has 3 rings (SSSR count). The van der Waals surface area contributed by atoms with Crippen molar-refractivity contribution in [1.29, 1.82) is 10.8 Å². The van der Waals surface area contributed by atoms with Crippen LogP contribution in [0.2, 0.25) is 0 Å². The summed E-state index contributed by atoms with van der Waals surface area (Å²) < 4.78 is 6.10. The quantitative estimate of drug-likeness (QED) is 0.615. The van der Waals surface area contributed by atoms with Crippen LogP contribution in [0.5, 0.6) is 5.75 Å². The molecule has 0 aromatic heterocycles. The molecule has 1 aliphatic heterocycles. The SMILES string of the molecule is CC(=N)C1=C(C=N)N(c2c(C)cc(C(C)(C)C)cc2C)c2cccc(C)c2O1. The molecule has 0 amide bonds. The molecule has 1 heterocycles. The largest absolute Gasteiger partial charge is 0.451 e. The van der Waals surface area contributed by atoms with E-state index in [0.717, 1.165) is 33.8 Å². The molecule has 2 N–H and O–H groups in total. The second-order valence-corrected chi connectivity index (χ2v) is 8.55. The summed E-state index contributed by atoms with van der Waals surface area (Å²) in [5, 5.41) is 16.3. The van der Waals surface area contributed by atoms with Crippen molar-refractivity contribution in [3.8, 4) is 5.75 Å². The highest BCUT2D eigenvalue weighted by molar-refractivity contribution is 6.05. The standard InChI is InChI=1S/C24H29N3O/c1-14-9-8-10-19-22(14)28-23(17(4)26)20(13-25)27(19)21-15(2)11-18(12-16(21)3)24(5,6)7/h8-13,25-26H,1-7H3. The maximum Gasteiger partial charge on any atom is 0.173 e. The molecule has 4 nitrogen and oxygen atoms in total. The molecule has 0 unspecified atom stereocenters. The first kappa shape index (κ1) is 19.9. The lowest BCUT2D eigenvalue weighted by Gasteiger charge is -2.36. The highest BCUT2D eigenvalue weighted by Gasteiger charge is 2.31. The molecule has 0 spiro atoms. The van der Waals surface area contributed by atoms with E-state index < -0.39 is 0 Å². The van der Waals surface area contributed by atoms with Gasteiger partial charge in [-0.3, -0.25) is 0 Å². The summed E-state index contributed by atoms with van der Waals surface area (Å²) in [5.74, 6) is 1.17. The first-order valence-electron chi connectivity index (χ1n) is 9.56. The van der Waals surface area contributed by atoms with Crippen LogP contribution in [-0.4, -0.2) is 11.9 Å². The molecule has 0 saturated heterocycles. The van der Waals surface area contributed by atoms with Gasteiger partial charge in [0.2, 0.25) is 0 Å². The molecule has 4 heteroatoms. The van der Waals surface area contributed by atoms with E-state index in [4.69, 9.17) is 15.6 Å². The molecule has 2 aromatic rings. The van der Waals surface area contributed by atoms with Crippen molar-refractivity contribution in [2.75, 3.05) is 4.90 Å². The maximum absolute atomic E-state index is 8.20. The predicted octanol–water partition coefficient (Wildman–Crippen LogP) is 6.34. The fourth-order valence-corrected chi connectivity index (χ4v) is 3.71. The van der Waals surface area contributed by atoms with Gasteiger partial charge in [-0.2, -0.15) is 0 Å². The second-order valence-electron chi connectivity index (χ2n) is 8.55. The van der Waals surface area contributed by atoms with Crippen molar-refractivity contribution in [1.82, 2.24) is 0 Å². The van der Waals surface area contributed by atoms with Gasteiger partial charge in [0.1, 0.15) is 5.70 Å². The van der Waals surface area contributed by atoms with Crippen LogP contribution in [0.25, 0.3) is 0 Å². The van der Waals surface area contributed by atoms with Gasteiger partial charge in [-0.1, -0.05) is 45.0 Å². The molecule has 0 atom stereocenters. The Kier molecular flexibility index (Phi) is 4.92. The van der Waals surface area contributed by atoms with E-state index >= 15 is 0 Å². The fraction of sp³-hybridized carbons (Fsp3) is 0.333. The van der Waals surface area contributed by atoms with Gasteiger partial charge < -0.3 is 20.5 Å². The van der Waals surface area contributed by atoms with Crippen LogP contribution in [0, 0.1) is 31.6 Å². The third-order valence-electron chi connectivity index (χ3n) is 5.17. The normalized spacial score (nSPS) is 13.9. The molecule has 28 heavy (non-hydrogen) atoms. The Morgan fingerprint density at radius 3 is 2.14 bits per heavy atom. The number of allylic oxidation sites excluding steroid dienone is 2. The zero-order valence-corrected chi connectivity index (χ0v) is 17.8. The van der Waals surface area contributed by atoms with Gasteiger partial charge in [0, 0.05) is 6.21 Å². The van der Waals surface area contributed by atoms with Gasteiger partial charge in [-0.15, -0.1) is 0 Å². The number of fused-ring (bicyclic) bond motifs is 1. The molecule has 0 saturated carbocycles. The monoisotopic (exact) mass is 375 g/mol. The van der Waals surface area contributed by atoms with Crippen LogP contribution < -0.4 is 9.64 Å². The molecule has 1 aliphatic rings. The minimum Gasteiger partial charge on any atom is -0.451 e. The van der Waals surface area contributed by atoms with Crippen molar-refractivity contribution in [3.05, 3.63) is 64.0 Å². The average Bonchev–Trinajstić information content (AvgIpc) is 2.60. The Balaban J connectivity index is 2.35. The van der Waals surface area contributed by atoms with Crippen molar-refractivity contribution < 1.29 is 4.74 Å². The number of benzene rings is 2. The van der Waals surface area contributed by atoms with Crippen molar-refractivity contribution in [2.24, 2.45) is 0 Å². The molecule has 146 valence electrons. The molecule has 2 aromatic carbocycles. The summed E-state index contributed by atoms with van der Waals surface area (Å²) in [6.45, 7) is 14.6. The number of para-hydroxylation sites is 1. The number of hydrogen-bond donors (Lipinski definition) is 2. The fourth-order valence-electron chi connectivity index (χ4n) is 3.71. The highest BCUT2D eigenvalue weighted by Crippen LogP contribution is 2.46. The third kappa shape index (κ3) is 3.24. The van der Waals surface area contributed by atoms with Gasteiger partial charge in [0.05, 0.1) is 17.1 Å². The number of nitrogens with zero attached hydrogens (tertiary/aromatic N) is 1. The van der Waals surface area contributed by atoms with Crippen LogP contribution in [0.4, 0.5) is 11.4 Å². The van der Waals surface area contributed by atoms with Crippen molar-refractivity contribution >= 4 is 23.3 Å². The Morgan fingerprint density at radius 1 is 1.04 bits per heavy atom. The van der Waals surface area contributed by atoms with E-state index in [1.54, 1.807) is 6.92 Å². The van der Waals surface area contributed by atoms with Crippen LogP contribution in [0.1, 0.15) is 49.9 Å². The first-order chi connectivity index (χ1) is 13.1. The molecule has 0 bridgehead atoms. The van der Waals surface area contributed by atoms with E-state index in [0.29, 0.717) is 17.2 Å². The molecule has 0 fully saturated rings. The van der Waals surface area contributed by atoms with Gasteiger partial charge in [0.15, 0.2) is 11.5 Å². The third-order valence-corrected chi connectivity index (χ3v) is 5.17. The number of hydrogen-bond acceptors (Lipinski definition) is 4. The zero-order chi connectivity index (χ0) is 20.8. The van der Waals surface area contributed by atoms with Gasteiger partial charge in [-0.05, 0) is 61.4 Å². The number of nitrogens with one attached hydrogen (secondary N) is 2. The predicted molar refractivity (Wildman–Crippen MR) is 118 cm³/mol. The molecular weight excluding hydrogens is 346 g/mol. The minimum absolute atomic E-state index is 0.0600. The Morgan fingerprint density at radius 2 is 1.64 bits per heavy atom. The zero-order valence-electron chi connectivity index (χ0n) is 17.8. The van der Waals surface area contributed by atoms with Crippen LogP contribution in [0.15, 0.2) is 41.8 Å². The lowest BCUT2D eigenvalue weighted by atomic mass is 9.84. The summed E-state index contributed by atoms with van der Waals surface area (Å²) in [4.78, 5) is 2.07. The first-order valence-corrected chi connectivity index (χ1v) is 9.56. The smallest absolute Gasteiger partial charge is 0.173 e. The number of aryl methyl sites for hydroxylation is 3. The van der Waals surface area contributed by atoms with E-state index in [-0.39, 0.29) is 5.41 Å². The van der Waals surface area contributed by atoms with Gasteiger partial charge in [-0.25, -0.2) is 0 Å². The Hall–Kier alpha value is -2.88. The van der Waals surface area contributed by atoms with Crippen LogP contribution in [-0.2, 0) is 5.41 Å². The summed E-state index contributed by atoms with van der Waals surface area (Å²) in [6, 6.07) is 10.5. The van der Waals surface area contributed by atoms with Crippen molar-refractivity contribution in [2.45, 2.75) is 53.9 Å². The highest BCUT2D eigenvalue weighted by atomic mass is 16.5. The van der Waals surface area contributed by atoms with E-state index in [9.17, 15) is 0 Å². The maximum atomic E-state index is 8.20. The topological polar surface area (TPSA) is 60.2 Å².